The molecule has 3 aromatic rings. The molecule has 7 nitrogen and oxygen atoms in total. The molecule has 3 rings (SSSR count). The number of aromatic nitrogens is 2. The van der Waals surface area contributed by atoms with E-state index >= 15 is 0 Å². The third-order valence-corrected chi connectivity index (χ3v) is 4.92. The minimum atomic E-state index is -0.606. The molecule has 1 N–H and O–H groups in total. The van der Waals surface area contributed by atoms with E-state index in [1.54, 1.807) is 36.4 Å². The van der Waals surface area contributed by atoms with Gasteiger partial charge in [0.25, 0.3) is 5.56 Å². The van der Waals surface area contributed by atoms with Gasteiger partial charge in [-0.2, -0.15) is 5.10 Å². The van der Waals surface area contributed by atoms with Crippen LogP contribution in [-0.4, -0.2) is 28.6 Å². The monoisotopic (exact) mass is 459 g/mol. The van der Waals surface area contributed by atoms with E-state index in [0.29, 0.717) is 39.0 Å². The second-order valence-electron chi connectivity index (χ2n) is 6.44. The summed E-state index contributed by atoms with van der Waals surface area (Å²) in [7, 11) is 0. The van der Waals surface area contributed by atoms with Crippen LogP contribution in [0, 0.1) is 0 Å². The molecule has 0 amide bonds. The van der Waals surface area contributed by atoms with Gasteiger partial charge < -0.3 is 14.5 Å². The van der Waals surface area contributed by atoms with Crippen molar-refractivity contribution in [2.24, 2.45) is 5.10 Å². The molecule has 0 saturated heterocycles. The van der Waals surface area contributed by atoms with Gasteiger partial charge in [-0.3, -0.25) is 4.79 Å². The summed E-state index contributed by atoms with van der Waals surface area (Å²) in [5.74, 6) is 1.17. The molecule has 0 unspecified atom stereocenters. The Balaban J connectivity index is 2.02. The average Bonchev–Trinajstić information content (AvgIpc) is 2.70. The van der Waals surface area contributed by atoms with Crippen LogP contribution in [0.3, 0.4) is 0 Å². The molecule has 0 aliphatic carbocycles. The number of fused-ring (bicyclic) bond motifs is 1. The number of nitrogens with one attached hydrogen (secondary N) is 1. The van der Waals surface area contributed by atoms with Crippen molar-refractivity contribution in [3.63, 3.8) is 0 Å². The van der Waals surface area contributed by atoms with E-state index in [2.05, 4.69) is 26.0 Å². The number of hydrogen-bond donors (Lipinski definition) is 1. The van der Waals surface area contributed by atoms with Crippen LogP contribution in [0.4, 0.5) is 0 Å². The summed E-state index contributed by atoms with van der Waals surface area (Å²) in [6.07, 6.45) is 2.32. The molecule has 0 radical (unpaired) electrons. The number of ether oxygens (including phenoxy) is 2. The first-order valence-corrected chi connectivity index (χ1v) is 10.1. The minimum Gasteiger partial charge on any atom is -0.490 e. The molecule has 2 aromatic carbocycles. The maximum atomic E-state index is 12.6. The zero-order chi connectivity index (χ0) is 21.0. The molecule has 8 heteroatoms. The molecule has 152 valence electrons. The Morgan fingerprint density at radius 2 is 2.00 bits per heavy atom. The maximum absolute atomic E-state index is 12.6. The number of benzene rings is 2. The topological polar surface area (TPSA) is 85.7 Å². The fourth-order valence-electron chi connectivity index (χ4n) is 2.71. The molecule has 1 heterocycles. The van der Waals surface area contributed by atoms with Gasteiger partial charge in [-0.05, 0) is 66.0 Å². The van der Waals surface area contributed by atoms with Crippen LogP contribution >= 0.6 is 15.9 Å². The van der Waals surface area contributed by atoms with Gasteiger partial charge in [0, 0.05) is 0 Å². The summed E-state index contributed by atoms with van der Waals surface area (Å²) in [5, 5.41) is 4.48. The van der Waals surface area contributed by atoms with Gasteiger partial charge in [0.15, 0.2) is 11.5 Å². The molecule has 0 saturated carbocycles. The average molecular weight is 460 g/mol. The second kappa shape index (κ2) is 9.09. The van der Waals surface area contributed by atoms with Crippen LogP contribution < -0.4 is 20.7 Å². The summed E-state index contributed by atoms with van der Waals surface area (Å²) >= 11 is 3.51. The fraction of sp³-hybridized carbons (Fsp3) is 0.286. The number of hydrogen-bond acceptors (Lipinski definition) is 5. The number of nitrogens with zero attached hydrogens (tertiary/aromatic N) is 2. The predicted octanol–water partition coefficient (Wildman–Crippen LogP) is 3.91. The Morgan fingerprint density at radius 3 is 2.72 bits per heavy atom. The van der Waals surface area contributed by atoms with Crippen LogP contribution in [0.1, 0.15) is 32.8 Å². The summed E-state index contributed by atoms with van der Waals surface area (Å²) in [5.41, 5.74) is 0.0327. The lowest BCUT2D eigenvalue weighted by molar-refractivity contribution is 0.202. The molecule has 29 heavy (non-hydrogen) atoms. The molecule has 0 spiro atoms. The molecular formula is C21H22BrN3O4. The quantitative estimate of drug-likeness (QED) is 0.542. The highest BCUT2D eigenvalue weighted by molar-refractivity contribution is 9.10. The lowest BCUT2D eigenvalue weighted by atomic mass is 10.2. The summed E-state index contributed by atoms with van der Waals surface area (Å²) in [4.78, 5) is 27.5. The highest BCUT2D eigenvalue weighted by Crippen LogP contribution is 2.37. The lowest BCUT2D eigenvalue weighted by Gasteiger charge is -2.18. The van der Waals surface area contributed by atoms with Crippen molar-refractivity contribution in [3.8, 4) is 11.5 Å². The first-order valence-electron chi connectivity index (χ1n) is 9.36. The van der Waals surface area contributed by atoms with Gasteiger partial charge in [-0.15, -0.1) is 4.68 Å². The second-order valence-corrected chi connectivity index (χ2v) is 7.29. The SMILES string of the molecule is CCOc1cc(C=Nn2c(=O)[nH]c3ccccc3c2=O)cc(Br)c1O[C@H](C)CC. The third-order valence-electron chi connectivity index (χ3n) is 4.33. The van der Waals surface area contributed by atoms with E-state index in [0.717, 1.165) is 11.1 Å². The Kier molecular flexibility index (Phi) is 6.53. The van der Waals surface area contributed by atoms with E-state index in [9.17, 15) is 9.59 Å². The zero-order valence-corrected chi connectivity index (χ0v) is 18.0. The molecule has 0 fully saturated rings. The number of para-hydroxylation sites is 1. The fourth-order valence-corrected chi connectivity index (χ4v) is 3.26. The highest BCUT2D eigenvalue weighted by atomic mass is 79.9. The van der Waals surface area contributed by atoms with Crippen LogP contribution in [0.5, 0.6) is 11.5 Å². The maximum Gasteiger partial charge on any atom is 0.349 e. The van der Waals surface area contributed by atoms with Crippen molar-refractivity contribution in [1.29, 1.82) is 0 Å². The van der Waals surface area contributed by atoms with E-state index < -0.39 is 11.2 Å². The minimum absolute atomic E-state index is 0.0276. The molecule has 0 aliphatic rings. The van der Waals surface area contributed by atoms with Crippen LogP contribution in [0.25, 0.3) is 10.9 Å². The smallest absolute Gasteiger partial charge is 0.349 e. The van der Waals surface area contributed by atoms with Gasteiger partial charge in [0.1, 0.15) is 0 Å². The van der Waals surface area contributed by atoms with Gasteiger partial charge in [-0.1, -0.05) is 19.1 Å². The van der Waals surface area contributed by atoms with Gasteiger partial charge in [-0.25, -0.2) is 4.79 Å². The van der Waals surface area contributed by atoms with Gasteiger partial charge in [0.2, 0.25) is 0 Å². The Hall–Kier alpha value is -2.87. The van der Waals surface area contributed by atoms with Gasteiger partial charge >= 0.3 is 5.69 Å². The number of halogens is 1. The summed E-state index contributed by atoms with van der Waals surface area (Å²) in [6, 6.07) is 10.4. The van der Waals surface area contributed by atoms with Crippen LogP contribution in [0.15, 0.2) is 55.6 Å². The summed E-state index contributed by atoms with van der Waals surface area (Å²) in [6.45, 7) is 6.37. The normalized spacial score (nSPS) is 12.4. The predicted molar refractivity (Wildman–Crippen MR) is 118 cm³/mol. The Bertz CT molecular complexity index is 1170. The van der Waals surface area contributed by atoms with Crippen molar-refractivity contribution < 1.29 is 9.47 Å². The molecule has 1 aromatic heterocycles. The number of H-pyrrole nitrogens is 1. The first-order chi connectivity index (χ1) is 13.9. The van der Waals surface area contributed by atoms with Crippen molar-refractivity contribution in [2.45, 2.75) is 33.3 Å². The third kappa shape index (κ3) is 4.59. The molecule has 1 atom stereocenters. The van der Waals surface area contributed by atoms with E-state index in [4.69, 9.17) is 9.47 Å². The van der Waals surface area contributed by atoms with Crippen molar-refractivity contribution in [3.05, 3.63) is 67.3 Å². The summed E-state index contributed by atoms with van der Waals surface area (Å²) < 4.78 is 13.2. The zero-order valence-electron chi connectivity index (χ0n) is 16.4. The van der Waals surface area contributed by atoms with E-state index in [1.807, 2.05) is 20.8 Å². The highest BCUT2D eigenvalue weighted by Gasteiger charge is 2.14. The largest absolute Gasteiger partial charge is 0.490 e. The Labute approximate surface area is 176 Å². The first kappa shape index (κ1) is 20.9. The standard InChI is InChI=1S/C21H22BrN3O4/c1-4-13(3)29-19-16(22)10-14(11-18(19)28-5-2)12-23-25-20(26)15-8-6-7-9-17(15)24-21(25)27/h6-13H,4-5H2,1-3H3,(H,24,27)/t13-/m1/s1. The number of rotatable bonds is 7. The molecule has 0 bridgehead atoms. The van der Waals surface area contributed by atoms with Crippen LogP contribution in [0.2, 0.25) is 0 Å². The van der Waals surface area contributed by atoms with Crippen LogP contribution in [-0.2, 0) is 0 Å². The number of aromatic amines is 1. The van der Waals surface area contributed by atoms with Crippen molar-refractivity contribution in [1.82, 2.24) is 9.66 Å². The lowest BCUT2D eigenvalue weighted by Crippen LogP contribution is -2.32. The molecule has 0 aliphatic heterocycles. The van der Waals surface area contributed by atoms with Crippen molar-refractivity contribution >= 4 is 33.0 Å². The van der Waals surface area contributed by atoms with Gasteiger partial charge in [0.05, 0.1) is 34.3 Å². The van der Waals surface area contributed by atoms with Crippen molar-refractivity contribution in [2.75, 3.05) is 6.61 Å². The van der Waals surface area contributed by atoms with E-state index in [-0.39, 0.29) is 6.10 Å². The molecular weight excluding hydrogens is 438 g/mol. The van der Waals surface area contributed by atoms with E-state index in [1.165, 1.54) is 6.21 Å². The Morgan fingerprint density at radius 1 is 1.24 bits per heavy atom.